The van der Waals surface area contributed by atoms with Gasteiger partial charge in [-0.05, 0) is 12.1 Å². The number of hydrogen-bond donors (Lipinski definition) is 0. The SMILES string of the molecule is C=C(OC)c1coc(-c2ccnc(Cl)c2)n1. The lowest BCUT2D eigenvalue weighted by Crippen LogP contribution is -1.85. The molecule has 0 bridgehead atoms. The van der Waals surface area contributed by atoms with Gasteiger partial charge in [-0.3, -0.25) is 0 Å². The second kappa shape index (κ2) is 4.37. The third-order valence-electron chi connectivity index (χ3n) is 2.01. The van der Waals surface area contributed by atoms with Crippen LogP contribution in [0.3, 0.4) is 0 Å². The second-order valence-electron chi connectivity index (χ2n) is 3.03. The Bertz CT molecular complexity index is 522. The number of nitrogens with zero attached hydrogens (tertiary/aromatic N) is 2. The van der Waals surface area contributed by atoms with Crippen molar-refractivity contribution in [2.45, 2.75) is 0 Å². The molecule has 0 aromatic carbocycles. The monoisotopic (exact) mass is 236 g/mol. The molecule has 4 nitrogen and oxygen atoms in total. The first-order valence-electron chi connectivity index (χ1n) is 4.51. The van der Waals surface area contributed by atoms with E-state index in [0.29, 0.717) is 22.5 Å². The molecule has 0 radical (unpaired) electrons. The van der Waals surface area contributed by atoms with Crippen LogP contribution < -0.4 is 0 Å². The number of methoxy groups -OCH3 is 1. The normalized spacial score (nSPS) is 10.1. The van der Waals surface area contributed by atoms with Crippen LogP contribution in [0.1, 0.15) is 5.69 Å². The summed E-state index contributed by atoms with van der Waals surface area (Å²) in [6.45, 7) is 3.68. The van der Waals surface area contributed by atoms with Gasteiger partial charge >= 0.3 is 0 Å². The molecular weight excluding hydrogens is 228 g/mol. The Kier molecular flexibility index (Phi) is 2.92. The minimum atomic E-state index is 0.391. The van der Waals surface area contributed by atoms with Crippen LogP contribution in [0.2, 0.25) is 5.15 Å². The molecule has 82 valence electrons. The van der Waals surface area contributed by atoms with E-state index in [2.05, 4.69) is 16.5 Å². The van der Waals surface area contributed by atoms with E-state index in [-0.39, 0.29) is 0 Å². The zero-order valence-corrected chi connectivity index (χ0v) is 9.36. The Balaban J connectivity index is 2.35. The van der Waals surface area contributed by atoms with Gasteiger partial charge < -0.3 is 9.15 Å². The van der Waals surface area contributed by atoms with Gasteiger partial charge in [-0.25, -0.2) is 9.97 Å². The number of rotatable bonds is 3. The number of aromatic nitrogens is 2. The molecule has 0 aliphatic heterocycles. The number of oxazole rings is 1. The van der Waals surface area contributed by atoms with Crippen LogP contribution in [-0.4, -0.2) is 17.1 Å². The van der Waals surface area contributed by atoms with Crippen LogP contribution >= 0.6 is 11.6 Å². The highest BCUT2D eigenvalue weighted by molar-refractivity contribution is 6.29. The Hall–Kier alpha value is -1.81. The molecule has 16 heavy (non-hydrogen) atoms. The van der Waals surface area contributed by atoms with Gasteiger partial charge in [0.2, 0.25) is 5.89 Å². The fourth-order valence-electron chi connectivity index (χ4n) is 1.17. The average Bonchev–Trinajstić information content (AvgIpc) is 2.77. The molecule has 2 heterocycles. The van der Waals surface area contributed by atoms with Crippen LogP contribution in [0.15, 0.2) is 35.6 Å². The van der Waals surface area contributed by atoms with E-state index in [1.165, 1.54) is 13.4 Å². The molecule has 2 aromatic heterocycles. The number of hydrogen-bond acceptors (Lipinski definition) is 4. The van der Waals surface area contributed by atoms with Gasteiger partial charge in [0.1, 0.15) is 22.9 Å². The number of halogens is 1. The summed E-state index contributed by atoms with van der Waals surface area (Å²) in [5.41, 5.74) is 1.32. The maximum absolute atomic E-state index is 5.77. The van der Waals surface area contributed by atoms with Crippen molar-refractivity contribution in [2.24, 2.45) is 0 Å². The van der Waals surface area contributed by atoms with Crippen molar-refractivity contribution in [1.29, 1.82) is 0 Å². The fourth-order valence-corrected chi connectivity index (χ4v) is 1.35. The van der Waals surface area contributed by atoms with Gasteiger partial charge in [0.15, 0.2) is 0 Å². The quantitative estimate of drug-likeness (QED) is 0.607. The highest BCUT2D eigenvalue weighted by Crippen LogP contribution is 2.22. The number of ether oxygens (including phenoxy) is 1. The number of pyridine rings is 1. The Morgan fingerprint density at radius 3 is 3.06 bits per heavy atom. The summed E-state index contributed by atoms with van der Waals surface area (Å²) in [5, 5.41) is 0.391. The Labute approximate surface area is 97.5 Å². The lowest BCUT2D eigenvalue weighted by molar-refractivity contribution is 0.369. The fraction of sp³-hybridized carbons (Fsp3) is 0.0909. The molecule has 0 amide bonds. The topological polar surface area (TPSA) is 48.2 Å². The van der Waals surface area contributed by atoms with Gasteiger partial charge in [-0.1, -0.05) is 18.2 Å². The zero-order valence-electron chi connectivity index (χ0n) is 8.61. The summed E-state index contributed by atoms with van der Waals surface area (Å²) >= 11 is 5.77. The van der Waals surface area contributed by atoms with Gasteiger partial charge in [0.25, 0.3) is 0 Å². The molecule has 5 heteroatoms. The highest BCUT2D eigenvalue weighted by atomic mass is 35.5. The molecule has 0 saturated heterocycles. The van der Waals surface area contributed by atoms with Gasteiger partial charge in [0.05, 0.1) is 7.11 Å². The van der Waals surface area contributed by atoms with Crippen LogP contribution in [0.5, 0.6) is 0 Å². The largest absolute Gasteiger partial charge is 0.495 e. The van der Waals surface area contributed by atoms with Gasteiger partial charge in [-0.15, -0.1) is 0 Å². The molecule has 0 spiro atoms. The van der Waals surface area contributed by atoms with E-state index in [1.54, 1.807) is 18.3 Å². The van der Waals surface area contributed by atoms with Crippen LogP contribution in [0, 0.1) is 0 Å². The third-order valence-corrected chi connectivity index (χ3v) is 2.22. The minimum Gasteiger partial charge on any atom is -0.495 e. The van der Waals surface area contributed by atoms with Crippen molar-refractivity contribution < 1.29 is 9.15 Å². The Morgan fingerprint density at radius 1 is 1.56 bits per heavy atom. The maximum Gasteiger partial charge on any atom is 0.226 e. The van der Waals surface area contributed by atoms with E-state index in [4.69, 9.17) is 20.8 Å². The van der Waals surface area contributed by atoms with E-state index in [1.807, 2.05) is 0 Å². The lowest BCUT2D eigenvalue weighted by atomic mass is 10.3. The molecule has 0 fully saturated rings. The molecule has 0 unspecified atom stereocenters. The molecular formula is C11H9ClN2O2. The maximum atomic E-state index is 5.77. The first kappa shape index (κ1) is 10.7. The smallest absolute Gasteiger partial charge is 0.226 e. The van der Waals surface area contributed by atoms with E-state index in [9.17, 15) is 0 Å². The predicted molar refractivity (Wildman–Crippen MR) is 60.8 cm³/mol. The van der Waals surface area contributed by atoms with E-state index in [0.717, 1.165) is 5.56 Å². The summed E-state index contributed by atoms with van der Waals surface area (Å²) in [6.07, 6.45) is 3.07. The minimum absolute atomic E-state index is 0.391. The average molecular weight is 237 g/mol. The van der Waals surface area contributed by atoms with Crippen molar-refractivity contribution >= 4 is 17.4 Å². The molecule has 0 aliphatic rings. The summed E-state index contributed by atoms with van der Waals surface area (Å²) in [6, 6.07) is 3.43. The van der Waals surface area contributed by atoms with Crippen LogP contribution in [0.25, 0.3) is 17.2 Å². The van der Waals surface area contributed by atoms with Crippen molar-refractivity contribution in [3.63, 3.8) is 0 Å². The molecule has 0 saturated carbocycles. The third kappa shape index (κ3) is 2.06. The summed E-state index contributed by atoms with van der Waals surface area (Å²) in [4.78, 5) is 8.09. The highest BCUT2D eigenvalue weighted by Gasteiger charge is 2.09. The first-order valence-corrected chi connectivity index (χ1v) is 4.89. The summed E-state index contributed by atoms with van der Waals surface area (Å²) in [5.74, 6) is 0.910. The molecule has 0 N–H and O–H groups in total. The predicted octanol–water partition coefficient (Wildman–Crippen LogP) is 3.01. The van der Waals surface area contributed by atoms with Gasteiger partial charge in [0, 0.05) is 11.8 Å². The molecule has 0 atom stereocenters. The van der Waals surface area contributed by atoms with Gasteiger partial charge in [-0.2, -0.15) is 0 Å². The molecule has 2 rings (SSSR count). The first-order chi connectivity index (χ1) is 7.70. The summed E-state index contributed by atoms with van der Waals surface area (Å²) < 4.78 is 10.2. The van der Waals surface area contributed by atoms with Crippen molar-refractivity contribution in [2.75, 3.05) is 7.11 Å². The second-order valence-corrected chi connectivity index (χ2v) is 3.42. The molecule has 2 aromatic rings. The lowest BCUT2D eigenvalue weighted by Gasteiger charge is -1.97. The Morgan fingerprint density at radius 2 is 2.38 bits per heavy atom. The van der Waals surface area contributed by atoms with Crippen molar-refractivity contribution in [1.82, 2.24) is 9.97 Å². The summed E-state index contributed by atoms with van der Waals surface area (Å²) in [7, 11) is 1.53. The van der Waals surface area contributed by atoms with Crippen LogP contribution in [-0.2, 0) is 4.74 Å². The molecule has 0 aliphatic carbocycles. The van der Waals surface area contributed by atoms with E-state index >= 15 is 0 Å². The van der Waals surface area contributed by atoms with E-state index < -0.39 is 0 Å². The zero-order chi connectivity index (χ0) is 11.5. The van der Waals surface area contributed by atoms with Crippen LogP contribution in [0.4, 0.5) is 0 Å². The standard InChI is InChI=1S/C11H9ClN2O2/c1-7(15-2)9-6-16-11(14-9)8-3-4-13-10(12)5-8/h3-6H,1H2,2H3. The van der Waals surface area contributed by atoms with Crippen molar-refractivity contribution in [3.05, 3.63) is 42.0 Å². The van der Waals surface area contributed by atoms with Crippen molar-refractivity contribution in [3.8, 4) is 11.5 Å².